The van der Waals surface area contributed by atoms with Crippen LogP contribution < -0.4 is 25.0 Å². The first-order valence-electron chi connectivity index (χ1n) is 22.1. The van der Waals surface area contributed by atoms with Crippen LogP contribution in [-0.4, -0.2) is 105 Å². The number of anilines is 1. The van der Waals surface area contributed by atoms with E-state index in [-0.39, 0.29) is 110 Å². The maximum absolute atomic E-state index is 13.4. The fourth-order valence-corrected chi connectivity index (χ4v) is 10.2. The number of azo groups is 2. The molecule has 0 aliphatic carbocycles. The summed E-state index contributed by atoms with van der Waals surface area (Å²) < 4.78 is 77.2. The monoisotopic (exact) mass is 1210 g/mol. The molecule has 0 radical (unpaired) electrons. The molecule has 0 aliphatic rings. The van der Waals surface area contributed by atoms with Gasteiger partial charge in [-0.25, -0.2) is 0 Å². The van der Waals surface area contributed by atoms with Crippen molar-refractivity contribution in [3.8, 4) is 23.0 Å². The largest absolute Gasteiger partial charge is 2.00 e. The summed E-state index contributed by atoms with van der Waals surface area (Å²) in [4.78, 5) is 16.3. The number of benzene rings is 8. The molecule has 0 aliphatic heterocycles. The Hall–Kier alpha value is -6.41. The van der Waals surface area contributed by atoms with Crippen molar-refractivity contribution >= 4 is 160 Å². The second-order valence-electron chi connectivity index (χ2n) is 15.8. The zero-order valence-corrected chi connectivity index (χ0v) is 47.7. The fourth-order valence-electron chi connectivity index (χ4n) is 7.48. The van der Waals surface area contributed by atoms with E-state index in [1.54, 1.807) is 104 Å². The first-order chi connectivity index (χ1) is 35.2. The smallest absolute Gasteiger partial charge is 0.871 e. The molecule has 0 heterocycles. The molecule has 0 saturated heterocycles. The molecular weight excluding hydrogens is 1170 g/mol. The molecule has 1 amide bonds. The molecule has 8 aromatic rings. The summed E-state index contributed by atoms with van der Waals surface area (Å²) in [7, 11) is -9.24. The van der Waals surface area contributed by atoms with Crippen LogP contribution in [0.25, 0.3) is 21.5 Å². The van der Waals surface area contributed by atoms with Crippen molar-refractivity contribution in [3.05, 3.63) is 166 Å². The van der Waals surface area contributed by atoms with E-state index >= 15 is 0 Å². The summed E-state index contributed by atoms with van der Waals surface area (Å²) in [5, 5.41) is 57.9. The maximum Gasteiger partial charge on any atom is 2.00 e. The van der Waals surface area contributed by atoms with Crippen molar-refractivity contribution in [2.24, 2.45) is 25.4 Å². The third-order valence-corrected chi connectivity index (χ3v) is 13.9. The van der Waals surface area contributed by atoms with Gasteiger partial charge in [0.05, 0.1) is 40.2 Å². The van der Waals surface area contributed by atoms with Gasteiger partial charge in [-0.05, 0) is 110 Å². The molecular formula is C52H42BaCl2N6O12S2. The first-order valence-corrected chi connectivity index (χ1v) is 25.7. The van der Waals surface area contributed by atoms with Crippen molar-refractivity contribution in [1.82, 2.24) is 0 Å². The summed E-state index contributed by atoms with van der Waals surface area (Å²) in [6, 6.07) is 35.9. The quantitative estimate of drug-likeness (QED) is 0.0260. The summed E-state index contributed by atoms with van der Waals surface area (Å²) in [5.74, 6) is -1.68. The summed E-state index contributed by atoms with van der Waals surface area (Å²) in [6.07, 6.45) is 0. The molecule has 0 aromatic heterocycles. The number of hydrogen-bond acceptors (Lipinski definition) is 15. The molecule has 0 bridgehead atoms. The predicted molar refractivity (Wildman–Crippen MR) is 284 cm³/mol. The molecule has 380 valence electrons. The molecule has 75 heavy (non-hydrogen) atoms. The number of phenols is 1. The number of nitrogens with one attached hydrogen (secondary N) is 1. The van der Waals surface area contributed by atoms with E-state index in [9.17, 15) is 46.1 Å². The second kappa shape index (κ2) is 25.0. The van der Waals surface area contributed by atoms with Crippen LogP contribution in [0.3, 0.4) is 0 Å². The van der Waals surface area contributed by atoms with Crippen LogP contribution in [0.15, 0.2) is 169 Å². The van der Waals surface area contributed by atoms with Crippen LogP contribution in [0.5, 0.6) is 23.0 Å². The summed E-state index contributed by atoms with van der Waals surface area (Å²) in [5.41, 5.74) is 0.530. The number of nitrogens with zero attached hydrogens (tertiary/aromatic N) is 5. The molecule has 0 spiro atoms. The molecule has 18 nitrogen and oxygen atoms in total. The van der Waals surface area contributed by atoms with E-state index in [2.05, 4.69) is 30.8 Å². The Morgan fingerprint density at radius 3 is 1.61 bits per heavy atom. The van der Waals surface area contributed by atoms with Gasteiger partial charge < -0.3 is 30.1 Å². The van der Waals surface area contributed by atoms with Gasteiger partial charge in [0.25, 0.3) is 26.1 Å². The molecule has 0 saturated carbocycles. The Morgan fingerprint density at radius 1 is 0.613 bits per heavy atom. The summed E-state index contributed by atoms with van der Waals surface area (Å²) >= 11 is 12.4. The number of phenolic OH excluding ortho intramolecular Hbond substituents is 1. The topological polar surface area (TPSA) is 284 Å². The minimum atomic E-state index is -4.63. The van der Waals surface area contributed by atoms with Crippen molar-refractivity contribution < 1.29 is 55.5 Å². The Morgan fingerprint density at radius 2 is 1.07 bits per heavy atom. The van der Waals surface area contributed by atoms with Crippen LogP contribution in [0.4, 0.5) is 34.1 Å². The van der Waals surface area contributed by atoms with E-state index in [0.29, 0.717) is 51.9 Å². The van der Waals surface area contributed by atoms with Gasteiger partial charge in [-0.3, -0.25) is 18.9 Å². The maximum atomic E-state index is 13.4. The number of hydrogen-bond donors (Lipinski definition) is 4. The number of carbonyl (C=O) groups excluding carboxylic acids is 1. The summed E-state index contributed by atoms with van der Waals surface area (Å²) in [6.45, 7) is 7.33. The number of para-hydroxylation sites is 4. The van der Waals surface area contributed by atoms with E-state index in [1.165, 1.54) is 50.2 Å². The molecule has 0 unspecified atom stereocenters. The van der Waals surface area contributed by atoms with Crippen LogP contribution in [0, 0.1) is 13.8 Å². The van der Waals surface area contributed by atoms with Gasteiger partial charge in [-0.1, -0.05) is 114 Å². The fraction of sp³-hybridized carbons (Fsp3) is 0.115. The number of ether oxygens (including phenoxy) is 2. The SMILES string of the molecule is CCOc1ccccc1N=C([O-])c1cc2ccccc2c(N=Nc2ccc(C)c(S(=O)(=O)O)c2Cl)c1[O-].CCOc1ccccc1NC(=O)c1cc2ccccc2c(N=Nc2ccc(C)c(S(=O)(=O)O)c2Cl)c1O.[Ba+2]. The van der Waals surface area contributed by atoms with Crippen molar-refractivity contribution in [2.75, 3.05) is 18.5 Å². The molecule has 0 fully saturated rings. The Bertz CT molecular complexity index is 3830. The van der Waals surface area contributed by atoms with E-state index in [0.717, 1.165) is 0 Å². The van der Waals surface area contributed by atoms with Gasteiger partial charge in [0.1, 0.15) is 44.0 Å². The van der Waals surface area contributed by atoms with Crippen molar-refractivity contribution in [3.63, 3.8) is 0 Å². The zero-order valence-electron chi connectivity index (χ0n) is 40.1. The van der Waals surface area contributed by atoms with Gasteiger partial charge in [-0.15, -0.1) is 15.3 Å². The average Bonchev–Trinajstić information content (AvgIpc) is 3.35. The van der Waals surface area contributed by atoms with E-state index < -0.39 is 53.3 Å². The van der Waals surface area contributed by atoms with Gasteiger partial charge >= 0.3 is 48.9 Å². The average molecular weight is 1220 g/mol. The number of carbonyl (C=O) groups is 1. The Kier molecular flexibility index (Phi) is 19.3. The predicted octanol–water partition coefficient (Wildman–Crippen LogP) is 11.8. The molecule has 8 aromatic carbocycles. The molecule has 4 N–H and O–H groups in total. The molecule has 8 rings (SSSR count). The number of amides is 1. The second-order valence-corrected chi connectivity index (χ2v) is 19.3. The Labute approximate surface area is 481 Å². The van der Waals surface area contributed by atoms with Crippen LogP contribution in [-0.2, 0) is 20.2 Å². The Balaban J connectivity index is 0.000000241. The molecule has 23 heteroatoms. The number of halogens is 2. The van der Waals surface area contributed by atoms with Gasteiger partial charge in [0, 0.05) is 10.8 Å². The van der Waals surface area contributed by atoms with Crippen molar-refractivity contribution in [2.45, 2.75) is 37.5 Å². The number of rotatable bonds is 14. The van der Waals surface area contributed by atoms with Gasteiger partial charge in [-0.2, -0.15) is 21.9 Å². The minimum Gasteiger partial charge on any atom is -0.871 e. The first kappa shape index (κ1) is 57.9. The van der Waals surface area contributed by atoms with Gasteiger partial charge in [0.2, 0.25) is 0 Å². The van der Waals surface area contributed by atoms with E-state index in [1.807, 2.05) is 6.92 Å². The van der Waals surface area contributed by atoms with Crippen LogP contribution in [0.1, 0.15) is 40.9 Å². The zero-order chi connectivity index (χ0) is 53.5. The standard InChI is InChI=1S/2C26H22ClN3O6S.Ba/c2*1-3-36-21-11-7-6-10-19(21)28-26(32)18-14-16-8-4-5-9-17(16)23(24(18)31)30-29-20-13-12-15(2)25(22(20)27)37(33,34)35;/h2*4-14,31H,3H2,1-2H3,(H,28,32)(H,33,34,35);/q;;+2/p-2. The third kappa shape index (κ3) is 13.3. The number of aromatic hydroxyl groups is 1. The van der Waals surface area contributed by atoms with E-state index in [4.69, 9.17) is 32.7 Å². The minimum absolute atomic E-state index is 0. The van der Waals surface area contributed by atoms with Gasteiger partial charge in [0.15, 0.2) is 5.75 Å². The van der Waals surface area contributed by atoms with Crippen LogP contribution in [0.2, 0.25) is 10.0 Å². The number of aryl methyl sites for hydroxylation is 2. The normalized spacial score (nSPS) is 11.9. The van der Waals surface area contributed by atoms with Crippen molar-refractivity contribution in [1.29, 1.82) is 0 Å². The molecule has 0 atom stereocenters. The number of fused-ring (bicyclic) bond motifs is 2. The number of aliphatic imine (C=N–C) groups is 1. The third-order valence-electron chi connectivity index (χ3n) is 10.8. The van der Waals surface area contributed by atoms with Crippen LogP contribution >= 0.6 is 23.2 Å².